The zero-order valence-electron chi connectivity index (χ0n) is 31.6. The number of fused-ring (bicyclic) bond motifs is 2. The lowest BCUT2D eigenvalue weighted by atomic mass is 10.1. The number of aromatic carboxylic acids is 1. The van der Waals surface area contributed by atoms with Crippen LogP contribution in [0.1, 0.15) is 80.8 Å². The van der Waals surface area contributed by atoms with Crippen molar-refractivity contribution in [3.63, 3.8) is 0 Å². The summed E-state index contributed by atoms with van der Waals surface area (Å²) >= 11 is 0. The standard InChI is InChI=1S/C38H43N11O5/c1-9-48-31(15-23(5)42-48)34(51)40-37-44(7)29-17-25(33(39)50)11-13-27(29)46(37)19-21(3)22(4)20-47-28-14-12-26(36(53)54)18-30(28)45(8)38(47)41-35(52)32-16-24(6)43-49(32)10-2/h11-18H,9-10,19-20H2,1-8H3,(H2,39,50)(H,53,54)/b22-21+,40-37+,41-38+. The van der Waals surface area contributed by atoms with Gasteiger partial charge in [-0.05, 0) is 90.1 Å². The molecule has 0 unspecified atom stereocenters. The predicted octanol–water partition coefficient (Wildman–Crippen LogP) is 3.64. The minimum absolute atomic E-state index is 0.103. The van der Waals surface area contributed by atoms with Gasteiger partial charge in [-0.1, -0.05) is 11.1 Å². The number of amides is 3. The third kappa shape index (κ3) is 6.73. The molecule has 0 aliphatic carbocycles. The number of nitrogens with two attached hydrogens (primary N) is 1. The lowest BCUT2D eigenvalue weighted by Crippen LogP contribution is -2.28. The Hall–Kier alpha value is -6.58. The molecule has 0 bridgehead atoms. The van der Waals surface area contributed by atoms with E-state index >= 15 is 0 Å². The summed E-state index contributed by atoms with van der Waals surface area (Å²) < 4.78 is 10.5. The molecular formula is C38H43N11O5. The summed E-state index contributed by atoms with van der Waals surface area (Å²) in [5, 5.41) is 18.5. The molecule has 0 atom stereocenters. The molecule has 3 N–H and O–H groups in total. The van der Waals surface area contributed by atoms with Gasteiger partial charge in [0.15, 0.2) is 0 Å². The number of carbonyl (C=O) groups is 4. The van der Waals surface area contributed by atoms with Gasteiger partial charge in [0.1, 0.15) is 11.4 Å². The van der Waals surface area contributed by atoms with Crippen molar-refractivity contribution in [2.24, 2.45) is 29.8 Å². The first kappa shape index (κ1) is 37.2. The van der Waals surface area contributed by atoms with Gasteiger partial charge in [-0.25, -0.2) is 4.79 Å². The molecule has 0 spiro atoms. The van der Waals surface area contributed by atoms with E-state index in [4.69, 9.17) is 5.73 Å². The van der Waals surface area contributed by atoms with E-state index in [0.29, 0.717) is 82.3 Å². The number of imidazole rings is 2. The van der Waals surface area contributed by atoms with Gasteiger partial charge >= 0.3 is 5.97 Å². The van der Waals surface area contributed by atoms with Gasteiger partial charge in [0.25, 0.3) is 11.8 Å². The number of allylic oxidation sites excluding steroid dienone is 2. The number of hydrogen-bond donors (Lipinski definition) is 2. The van der Waals surface area contributed by atoms with Crippen molar-refractivity contribution in [2.45, 2.75) is 67.7 Å². The molecule has 6 aromatic rings. The maximum atomic E-state index is 13.7. The van der Waals surface area contributed by atoms with E-state index in [-0.39, 0.29) is 5.56 Å². The number of rotatable bonds is 10. The second kappa shape index (κ2) is 14.4. The van der Waals surface area contributed by atoms with Crippen LogP contribution in [0.25, 0.3) is 22.1 Å². The lowest BCUT2D eigenvalue weighted by Gasteiger charge is -2.12. The van der Waals surface area contributed by atoms with Crippen molar-refractivity contribution in [3.05, 3.63) is 105 Å². The molecule has 4 aromatic heterocycles. The van der Waals surface area contributed by atoms with E-state index in [1.54, 1.807) is 75.1 Å². The topological polar surface area (TPSA) is 195 Å². The number of carboxylic acid groups (broad SMARTS) is 1. The number of primary amides is 1. The summed E-state index contributed by atoms with van der Waals surface area (Å²) in [4.78, 5) is 60.5. The molecular weight excluding hydrogens is 690 g/mol. The Bertz CT molecular complexity index is 2520. The summed E-state index contributed by atoms with van der Waals surface area (Å²) in [6, 6.07) is 13.3. The number of nitrogens with zero attached hydrogens (tertiary/aromatic N) is 10. The largest absolute Gasteiger partial charge is 0.478 e. The molecule has 3 amide bonds. The van der Waals surface area contributed by atoms with Crippen LogP contribution < -0.4 is 17.0 Å². The maximum Gasteiger partial charge on any atom is 0.335 e. The molecule has 280 valence electrons. The molecule has 4 heterocycles. The number of carbonyl (C=O) groups excluding carboxylic acids is 3. The Kier molecular flexibility index (Phi) is 9.95. The van der Waals surface area contributed by atoms with E-state index in [2.05, 4.69) is 20.2 Å². The summed E-state index contributed by atoms with van der Waals surface area (Å²) in [5.74, 6) is -2.60. The van der Waals surface area contributed by atoms with Gasteiger partial charge in [0, 0.05) is 45.8 Å². The van der Waals surface area contributed by atoms with Crippen molar-refractivity contribution >= 4 is 45.8 Å². The van der Waals surface area contributed by atoms with Crippen LogP contribution in [0.3, 0.4) is 0 Å². The second-order valence-corrected chi connectivity index (χ2v) is 13.3. The zero-order valence-corrected chi connectivity index (χ0v) is 31.6. The minimum Gasteiger partial charge on any atom is -0.478 e. The van der Waals surface area contributed by atoms with Crippen molar-refractivity contribution in [1.29, 1.82) is 0 Å². The van der Waals surface area contributed by atoms with Crippen molar-refractivity contribution in [2.75, 3.05) is 0 Å². The van der Waals surface area contributed by atoms with Gasteiger partial charge in [-0.2, -0.15) is 20.2 Å². The van der Waals surface area contributed by atoms with Crippen molar-refractivity contribution < 1.29 is 24.3 Å². The van der Waals surface area contributed by atoms with Crippen LogP contribution in [0, 0.1) is 13.8 Å². The highest BCUT2D eigenvalue weighted by Crippen LogP contribution is 2.21. The molecule has 0 aliphatic rings. The molecule has 54 heavy (non-hydrogen) atoms. The molecule has 0 aliphatic heterocycles. The highest BCUT2D eigenvalue weighted by molar-refractivity contribution is 5.97. The predicted molar refractivity (Wildman–Crippen MR) is 201 cm³/mol. The first-order valence-electron chi connectivity index (χ1n) is 17.5. The fraction of sp³-hybridized carbons (Fsp3) is 0.316. The minimum atomic E-state index is -1.07. The first-order chi connectivity index (χ1) is 25.6. The third-order valence-electron chi connectivity index (χ3n) is 9.63. The normalized spacial score (nSPS) is 13.0. The zero-order chi connectivity index (χ0) is 39.2. The van der Waals surface area contributed by atoms with E-state index in [9.17, 15) is 24.3 Å². The van der Waals surface area contributed by atoms with Crippen LogP contribution >= 0.6 is 0 Å². The van der Waals surface area contributed by atoms with Gasteiger partial charge in [0.05, 0.1) is 39.0 Å². The average Bonchev–Trinajstić information content (AvgIpc) is 3.86. The Labute approximate surface area is 309 Å². The van der Waals surface area contributed by atoms with E-state index in [0.717, 1.165) is 16.7 Å². The van der Waals surface area contributed by atoms with Crippen LogP contribution in [0.15, 0.2) is 69.7 Å². The van der Waals surface area contributed by atoms with E-state index in [1.807, 2.05) is 50.7 Å². The Morgan fingerprint density at radius 1 is 0.667 bits per heavy atom. The number of benzene rings is 2. The molecule has 16 nitrogen and oxygen atoms in total. The number of aromatic nitrogens is 8. The highest BCUT2D eigenvalue weighted by Gasteiger charge is 2.20. The molecule has 0 saturated heterocycles. The SMILES string of the molecule is CCn1nc(C)cc1C(=O)/N=c1\n(C)c2cc(C(N)=O)ccc2n1C/C(C)=C(\C)Cn1/c(=N/C(=O)c2cc(C)nn2CC)n(C)c2cc(C(=O)O)ccc21. The fourth-order valence-electron chi connectivity index (χ4n) is 6.66. The van der Waals surface area contributed by atoms with Gasteiger partial charge in [0.2, 0.25) is 17.1 Å². The van der Waals surface area contributed by atoms with Crippen molar-refractivity contribution in [1.82, 2.24) is 37.8 Å². The van der Waals surface area contributed by atoms with Crippen LogP contribution in [0.2, 0.25) is 0 Å². The number of aryl methyl sites for hydroxylation is 6. The molecule has 0 radical (unpaired) electrons. The quantitative estimate of drug-likeness (QED) is 0.201. The monoisotopic (exact) mass is 733 g/mol. The Morgan fingerprint density at radius 3 is 1.46 bits per heavy atom. The third-order valence-corrected chi connectivity index (χ3v) is 9.63. The van der Waals surface area contributed by atoms with Gasteiger partial charge < -0.3 is 29.1 Å². The summed E-state index contributed by atoms with van der Waals surface area (Å²) in [7, 11) is 3.52. The summed E-state index contributed by atoms with van der Waals surface area (Å²) in [6.07, 6.45) is 0. The molecule has 0 fully saturated rings. The van der Waals surface area contributed by atoms with Gasteiger partial charge in [-0.15, -0.1) is 0 Å². The van der Waals surface area contributed by atoms with Crippen LogP contribution in [0.5, 0.6) is 0 Å². The molecule has 0 saturated carbocycles. The van der Waals surface area contributed by atoms with Crippen LogP contribution in [-0.2, 0) is 40.3 Å². The number of hydrogen-bond acceptors (Lipinski definition) is 6. The second-order valence-electron chi connectivity index (χ2n) is 13.3. The molecule has 6 rings (SSSR count). The molecule has 2 aromatic carbocycles. The van der Waals surface area contributed by atoms with Crippen LogP contribution in [-0.4, -0.2) is 66.6 Å². The van der Waals surface area contributed by atoms with Crippen LogP contribution in [0.4, 0.5) is 0 Å². The first-order valence-corrected chi connectivity index (χ1v) is 17.5. The summed E-state index contributed by atoms with van der Waals surface area (Å²) in [6.45, 7) is 12.9. The Morgan fingerprint density at radius 2 is 1.07 bits per heavy atom. The summed E-state index contributed by atoms with van der Waals surface area (Å²) in [5.41, 5.74) is 13.3. The van der Waals surface area contributed by atoms with E-state index in [1.165, 1.54) is 6.07 Å². The van der Waals surface area contributed by atoms with Crippen molar-refractivity contribution in [3.8, 4) is 0 Å². The van der Waals surface area contributed by atoms with E-state index < -0.39 is 23.7 Å². The number of carboxylic acids is 1. The van der Waals surface area contributed by atoms with Gasteiger partial charge in [-0.3, -0.25) is 23.7 Å². The highest BCUT2D eigenvalue weighted by atomic mass is 16.4. The lowest BCUT2D eigenvalue weighted by molar-refractivity contribution is 0.0696. The maximum absolute atomic E-state index is 13.7. The molecule has 16 heteroatoms. The Balaban J connectivity index is 1.50. The average molecular weight is 734 g/mol. The fourth-order valence-corrected chi connectivity index (χ4v) is 6.66. The smallest absolute Gasteiger partial charge is 0.335 e.